The average molecular weight is 248 g/mol. The van der Waals surface area contributed by atoms with Gasteiger partial charge >= 0.3 is 0 Å². The number of rotatable bonds is 3. The Morgan fingerprint density at radius 1 is 1.56 bits per heavy atom. The van der Waals surface area contributed by atoms with Crippen LogP contribution < -0.4 is 5.32 Å². The van der Waals surface area contributed by atoms with Crippen LogP contribution >= 0.6 is 0 Å². The van der Waals surface area contributed by atoms with Crippen molar-refractivity contribution in [2.45, 2.75) is 25.8 Å². The third-order valence-corrected chi connectivity index (χ3v) is 3.57. The Morgan fingerprint density at radius 3 is 3.06 bits per heavy atom. The highest BCUT2D eigenvalue weighted by molar-refractivity contribution is 5.97. The van der Waals surface area contributed by atoms with Gasteiger partial charge in [0.1, 0.15) is 0 Å². The fourth-order valence-electron chi connectivity index (χ4n) is 2.22. The second-order valence-electron chi connectivity index (χ2n) is 4.81. The van der Waals surface area contributed by atoms with E-state index in [9.17, 15) is 4.79 Å². The van der Waals surface area contributed by atoms with Gasteiger partial charge < -0.3 is 15.3 Å². The van der Waals surface area contributed by atoms with Gasteiger partial charge in [0.2, 0.25) is 0 Å². The van der Waals surface area contributed by atoms with E-state index in [1.54, 1.807) is 11.9 Å². The summed E-state index contributed by atoms with van der Waals surface area (Å²) in [5, 5.41) is 12.5. The Kier molecular flexibility index (Phi) is 3.87. The molecule has 1 aromatic carbocycles. The van der Waals surface area contributed by atoms with Crippen LogP contribution in [-0.2, 0) is 6.42 Å². The normalized spacial score (nSPS) is 15.5. The zero-order valence-corrected chi connectivity index (χ0v) is 10.9. The van der Waals surface area contributed by atoms with E-state index in [0.717, 1.165) is 36.2 Å². The molecule has 1 unspecified atom stereocenters. The number of aliphatic hydroxyl groups excluding tert-OH is 1. The molecule has 0 fully saturated rings. The molecule has 4 heteroatoms. The number of amides is 1. The number of aliphatic hydroxyl groups is 1. The molecule has 2 N–H and O–H groups in total. The summed E-state index contributed by atoms with van der Waals surface area (Å²) in [7, 11) is 1.73. The Balaban J connectivity index is 2.30. The number of hydrogen-bond acceptors (Lipinski definition) is 3. The van der Waals surface area contributed by atoms with Gasteiger partial charge in [-0.05, 0) is 37.5 Å². The molecular formula is C14H20N2O2. The summed E-state index contributed by atoms with van der Waals surface area (Å²) in [5.41, 5.74) is 2.92. The van der Waals surface area contributed by atoms with Crippen LogP contribution in [0.15, 0.2) is 18.2 Å². The van der Waals surface area contributed by atoms with E-state index in [-0.39, 0.29) is 18.6 Å². The SMILES string of the molecule is CC(CO)N(C)C(=O)c1cccc2c1CCCN2. The van der Waals surface area contributed by atoms with E-state index in [2.05, 4.69) is 5.32 Å². The molecule has 1 aliphatic rings. The fraction of sp³-hybridized carbons (Fsp3) is 0.500. The van der Waals surface area contributed by atoms with Crippen molar-refractivity contribution >= 4 is 11.6 Å². The lowest BCUT2D eigenvalue weighted by Gasteiger charge is -2.26. The van der Waals surface area contributed by atoms with Gasteiger partial charge in [0.25, 0.3) is 5.91 Å². The molecule has 98 valence electrons. The molecule has 2 rings (SSSR count). The van der Waals surface area contributed by atoms with Gasteiger partial charge in [0.05, 0.1) is 12.6 Å². The van der Waals surface area contributed by atoms with E-state index in [1.807, 2.05) is 25.1 Å². The number of carbonyl (C=O) groups is 1. The highest BCUT2D eigenvalue weighted by atomic mass is 16.3. The number of hydrogen-bond donors (Lipinski definition) is 2. The molecule has 0 saturated heterocycles. The zero-order valence-electron chi connectivity index (χ0n) is 10.9. The Labute approximate surface area is 108 Å². The predicted octanol–water partition coefficient (Wildman–Crippen LogP) is 1.50. The molecule has 1 atom stereocenters. The number of nitrogens with zero attached hydrogens (tertiary/aromatic N) is 1. The van der Waals surface area contributed by atoms with E-state index in [4.69, 9.17) is 5.11 Å². The summed E-state index contributed by atoms with van der Waals surface area (Å²) in [5.74, 6) is -0.0166. The Morgan fingerprint density at radius 2 is 2.33 bits per heavy atom. The molecule has 0 spiro atoms. The lowest BCUT2D eigenvalue weighted by atomic mass is 9.96. The fourth-order valence-corrected chi connectivity index (χ4v) is 2.22. The standard InChI is InChI=1S/C14H20N2O2/c1-10(9-17)16(2)14(18)12-5-3-7-13-11(12)6-4-8-15-13/h3,5,7,10,15,17H,4,6,8-9H2,1-2H3. The van der Waals surface area contributed by atoms with Crippen LogP contribution in [0.2, 0.25) is 0 Å². The van der Waals surface area contributed by atoms with E-state index >= 15 is 0 Å². The highest BCUT2D eigenvalue weighted by Crippen LogP contribution is 2.26. The maximum Gasteiger partial charge on any atom is 0.254 e. The van der Waals surface area contributed by atoms with Crippen LogP contribution in [0.4, 0.5) is 5.69 Å². The molecule has 0 saturated carbocycles. The first kappa shape index (κ1) is 12.9. The number of benzene rings is 1. The van der Waals surface area contributed by atoms with Crippen molar-refractivity contribution in [3.8, 4) is 0 Å². The maximum atomic E-state index is 12.4. The van der Waals surface area contributed by atoms with Crippen LogP contribution in [0.5, 0.6) is 0 Å². The molecule has 0 radical (unpaired) electrons. The van der Waals surface area contributed by atoms with Crippen LogP contribution in [0.3, 0.4) is 0 Å². The summed E-state index contributed by atoms with van der Waals surface area (Å²) < 4.78 is 0. The van der Waals surface area contributed by atoms with Gasteiger partial charge in [0.15, 0.2) is 0 Å². The van der Waals surface area contributed by atoms with Gasteiger partial charge in [-0.1, -0.05) is 6.07 Å². The smallest absolute Gasteiger partial charge is 0.254 e. The van der Waals surface area contributed by atoms with E-state index in [1.165, 1.54) is 0 Å². The monoisotopic (exact) mass is 248 g/mol. The van der Waals surface area contributed by atoms with Crippen LogP contribution in [-0.4, -0.2) is 42.2 Å². The Hall–Kier alpha value is -1.55. The molecule has 1 amide bonds. The predicted molar refractivity (Wildman–Crippen MR) is 71.9 cm³/mol. The van der Waals surface area contributed by atoms with Gasteiger partial charge in [-0.3, -0.25) is 4.79 Å². The van der Waals surface area contributed by atoms with Crippen molar-refractivity contribution in [1.82, 2.24) is 4.90 Å². The second kappa shape index (κ2) is 5.40. The van der Waals surface area contributed by atoms with Crippen LogP contribution in [0.25, 0.3) is 0 Å². The quantitative estimate of drug-likeness (QED) is 0.852. The molecular weight excluding hydrogens is 228 g/mol. The minimum atomic E-state index is -0.162. The van der Waals surface area contributed by atoms with Crippen molar-refractivity contribution in [3.05, 3.63) is 29.3 Å². The zero-order chi connectivity index (χ0) is 13.1. The molecule has 18 heavy (non-hydrogen) atoms. The summed E-state index contributed by atoms with van der Waals surface area (Å²) in [4.78, 5) is 14.0. The lowest BCUT2D eigenvalue weighted by Crippen LogP contribution is -2.38. The van der Waals surface area contributed by atoms with Crippen molar-refractivity contribution < 1.29 is 9.90 Å². The minimum absolute atomic E-state index is 0.0166. The lowest BCUT2D eigenvalue weighted by molar-refractivity contribution is 0.0681. The highest BCUT2D eigenvalue weighted by Gasteiger charge is 2.22. The summed E-state index contributed by atoms with van der Waals surface area (Å²) >= 11 is 0. The number of carbonyl (C=O) groups excluding carboxylic acids is 1. The number of fused-ring (bicyclic) bond motifs is 1. The van der Waals surface area contributed by atoms with Crippen molar-refractivity contribution in [2.75, 3.05) is 25.5 Å². The topological polar surface area (TPSA) is 52.6 Å². The van der Waals surface area contributed by atoms with Crippen molar-refractivity contribution in [1.29, 1.82) is 0 Å². The number of likely N-dealkylation sites (N-methyl/N-ethyl adjacent to an activating group) is 1. The Bertz CT molecular complexity index is 445. The molecule has 1 aliphatic heterocycles. The molecule has 0 aromatic heterocycles. The maximum absolute atomic E-state index is 12.4. The summed E-state index contributed by atoms with van der Waals surface area (Å²) in [6.45, 7) is 2.79. The third kappa shape index (κ3) is 2.34. The average Bonchev–Trinajstić information content (AvgIpc) is 2.44. The first-order valence-electron chi connectivity index (χ1n) is 6.39. The van der Waals surface area contributed by atoms with Crippen molar-refractivity contribution in [2.24, 2.45) is 0 Å². The van der Waals surface area contributed by atoms with Gasteiger partial charge in [-0.2, -0.15) is 0 Å². The summed E-state index contributed by atoms with van der Waals surface area (Å²) in [6.07, 6.45) is 1.99. The first-order chi connectivity index (χ1) is 8.65. The largest absolute Gasteiger partial charge is 0.394 e. The van der Waals surface area contributed by atoms with Gasteiger partial charge in [0, 0.05) is 24.8 Å². The molecule has 1 aromatic rings. The van der Waals surface area contributed by atoms with Gasteiger partial charge in [-0.15, -0.1) is 0 Å². The van der Waals surface area contributed by atoms with E-state index < -0.39 is 0 Å². The number of nitrogens with one attached hydrogen (secondary N) is 1. The minimum Gasteiger partial charge on any atom is -0.394 e. The molecule has 0 aliphatic carbocycles. The number of anilines is 1. The second-order valence-corrected chi connectivity index (χ2v) is 4.81. The first-order valence-corrected chi connectivity index (χ1v) is 6.39. The van der Waals surface area contributed by atoms with E-state index in [0.29, 0.717) is 0 Å². The van der Waals surface area contributed by atoms with Crippen LogP contribution in [0.1, 0.15) is 29.3 Å². The molecule has 1 heterocycles. The molecule has 4 nitrogen and oxygen atoms in total. The van der Waals surface area contributed by atoms with Gasteiger partial charge in [-0.25, -0.2) is 0 Å². The summed E-state index contributed by atoms with van der Waals surface area (Å²) in [6, 6.07) is 5.63. The van der Waals surface area contributed by atoms with Crippen molar-refractivity contribution in [3.63, 3.8) is 0 Å². The third-order valence-electron chi connectivity index (χ3n) is 3.57. The van der Waals surface area contributed by atoms with Crippen LogP contribution in [0, 0.1) is 0 Å². The molecule has 0 bridgehead atoms.